The Morgan fingerprint density at radius 1 is 1.61 bits per heavy atom. The number of nitrogens with zero attached hydrogens (tertiary/aromatic N) is 2. The number of ketones is 1. The average Bonchev–Trinajstić information content (AvgIpc) is 2.31. The predicted octanol–water partition coefficient (Wildman–Crippen LogP) is 2.40. The highest BCUT2D eigenvalue weighted by atomic mass is 19.1. The molecule has 1 aromatic carbocycles. The number of Topliss-reactive ketones (excluding diaryl/α,β-unsaturated/α-hetero) is 1. The molecule has 0 spiro atoms. The molecule has 0 fully saturated rings. The normalized spacial score (nSPS) is 13.4. The van der Waals surface area contributed by atoms with E-state index >= 15 is 0 Å². The lowest BCUT2D eigenvalue weighted by molar-refractivity contribution is -0.387. The summed E-state index contributed by atoms with van der Waals surface area (Å²) in [6, 6.07) is 5.52. The maximum absolute atomic E-state index is 13.8. The van der Waals surface area contributed by atoms with Gasteiger partial charge in [-0.3, -0.25) is 14.9 Å². The molecule has 0 saturated heterocycles. The third-order valence-electron chi connectivity index (χ3n) is 2.82. The van der Waals surface area contributed by atoms with Gasteiger partial charge in [-0.25, -0.2) is 0 Å². The summed E-state index contributed by atoms with van der Waals surface area (Å²) in [5.74, 6) is -1.40. The average molecular weight is 250 g/mol. The Morgan fingerprint density at radius 3 is 2.67 bits per heavy atom. The van der Waals surface area contributed by atoms with E-state index in [4.69, 9.17) is 5.26 Å². The first-order chi connectivity index (χ1) is 8.31. The van der Waals surface area contributed by atoms with Gasteiger partial charge in [0.2, 0.25) is 5.82 Å². The number of rotatable bonds is 4. The lowest BCUT2D eigenvalue weighted by Crippen LogP contribution is -2.26. The summed E-state index contributed by atoms with van der Waals surface area (Å²) in [6.07, 6.45) is -0.188. The molecule has 0 saturated carbocycles. The second kappa shape index (κ2) is 4.92. The van der Waals surface area contributed by atoms with Crippen LogP contribution >= 0.6 is 0 Å². The number of hydrogen-bond acceptors (Lipinski definition) is 4. The van der Waals surface area contributed by atoms with E-state index < -0.39 is 27.6 Å². The summed E-state index contributed by atoms with van der Waals surface area (Å²) in [5, 5.41) is 19.5. The van der Waals surface area contributed by atoms with E-state index in [1.54, 1.807) is 0 Å². The van der Waals surface area contributed by atoms with Gasteiger partial charge in [0, 0.05) is 12.5 Å². The SMILES string of the molecule is CC(=O)C(C)(C#N)Cc1cccc([N+](=O)[O-])c1F. The van der Waals surface area contributed by atoms with Crippen molar-refractivity contribution < 1.29 is 14.1 Å². The molecule has 0 bridgehead atoms. The number of carbonyl (C=O) groups excluding carboxylic acids is 1. The van der Waals surface area contributed by atoms with Gasteiger partial charge in [0.25, 0.3) is 0 Å². The summed E-state index contributed by atoms with van der Waals surface area (Å²) in [6.45, 7) is 2.62. The van der Waals surface area contributed by atoms with Crippen LogP contribution in [-0.4, -0.2) is 10.7 Å². The highest BCUT2D eigenvalue weighted by molar-refractivity contribution is 5.85. The summed E-state index contributed by atoms with van der Waals surface area (Å²) in [7, 11) is 0. The minimum Gasteiger partial charge on any atom is -0.298 e. The van der Waals surface area contributed by atoms with Crippen LogP contribution in [0, 0.1) is 32.7 Å². The second-order valence-corrected chi connectivity index (χ2v) is 4.18. The fourth-order valence-electron chi connectivity index (χ4n) is 1.47. The van der Waals surface area contributed by atoms with Crippen LogP contribution in [0.5, 0.6) is 0 Å². The zero-order chi connectivity index (χ0) is 13.9. The zero-order valence-corrected chi connectivity index (χ0v) is 9.94. The van der Waals surface area contributed by atoms with Crippen LogP contribution in [0.1, 0.15) is 19.4 Å². The molecule has 1 rings (SSSR count). The van der Waals surface area contributed by atoms with Crippen molar-refractivity contribution in [1.82, 2.24) is 0 Å². The van der Waals surface area contributed by atoms with E-state index in [-0.39, 0.29) is 12.0 Å². The number of carbonyl (C=O) groups is 1. The third-order valence-corrected chi connectivity index (χ3v) is 2.82. The van der Waals surface area contributed by atoms with Gasteiger partial charge in [-0.15, -0.1) is 0 Å². The van der Waals surface area contributed by atoms with Crippen molar-refractivity contribution in [2.24, 2.45) is 5.41 Å². The minimum absolute atomic E-state index is 0.0107. The Hall–Kier alpha value is -2.29. The number of nitro benzene ring substituents is 1. The standard InChI is InChI=1S/C12H11FN2O3/c1-8(16)12(2,7-14)6-9-4-3-5-10(11(9)13)15(17)18/h3-5H,6H2,1-2H3. The summed E-state index contributed by atoms with van der Waals surface area (Å²) in [4.78, 5) is 21.1. The third kappa shape index (κ3) is 2.51. The number of benzene rings is 1. The molecule has 5 nitrogen and oxygen atoms in total. The van der Waals surface area contributed by atoms with Crippen molar-refractivity contribution >= 4 is 11.5 Å². The Kier molecular flexibility index (Phi) is 3.76. The van der Waals surface area contributed by atoms with Crippen molar-refractivity contribution in [1.29, 1.82) is 5.26 Å². The van der Waals surface area contributed by atoms with Crippen molar-refractivity contribution in [2.45, 2.75) is 20.3 Å². The van der Waals surface area contributed by atoms with Crippen molar-refractivity contribution in [3.05, 3.63) is 39.7 Å². The molecule has 0 aromatic heterocycles. The lowest BCUT2D eigenvalue weighted by Gasteiger charge is -2.17. The van der Waals surface area contributed by atoms with Gasteiger partial charge in [0.15, 0.2) is 0 Å². The molecule has 1 aromatic rings. The van der Waals surface area contributed by atoms with Gasteiger partial charge >= 0.3 is 5.69 Å². The van der Waals surface area contributed by atoms with E-state index in [0.29, 0.717) is 0 Å². The Balaban J connectivity index is 3.21. The van der Waals surface area contributed by atoms with Gasteiger partial charge in [-0.2, -0.15) is 9.65 Å². The molecule has 6 heteroatoms. The van der Waals surface area contributed by atoms with Crippen LogP contribution in [0.4, 0.5) is 10.1 Å². The lowest BCUT2D eigenvalue weighted by atomic mass is 9.81. The monoisotopic (exact) mass is 250 g/mol. The molecule has 94 valence electrons. The predicted molar refractivity (Wildman–Crippen MR) is 61.2 cm³/mol. The molecule has 0 amide bonds. The van der Waals surface area contributed by atoms with E-state index in [9.17, 15) is 19.3 Å². The van der Waals surface area contributed by atoms with Crippen molar-refractivity contribution in [3.8, 4) is 6.07 Å². The maximum Gasteiger partial charge on any atom is 0.305 e. The zero-order valence-electron chi connectivity index (χ0n) is 9.94. The molecular formula is C12H11FN2O3. The highest BCUT2D eigenvalue weighted by Gasteiger charge is 2.32. The largest absolute Gasteiger partial charge is 0.305 e. The van der Waals surface area contributed by atoms with Gasteiger partial charge in [-0.05, 0) is 19.4 Å². The van der Waals surface area contributed by atoms with Gasteiger partial charge in [-0.1, -0.05) is 12.1 Å². The smallest absolute Gasteiger partial charge is 0.298 e. The van der Waals surface area contributed by atoms with E-state index in [1.807, 2.05) is 6.07 Å². The fraction of sp³-hybridized carbons (Fsp3) is 0.333. The molecular weight excluding hydrogens is 239 g/mol. The molecule has 0 heterocycles. The number of halogens is 1. The second-order valence-electron chi connectivity index (χ2n) is 4.18. The molecule has 0 aliphatic carbocycles. The summed E-state index contributed by atoms with van der Waals surface area (Å²) < 4.78 is 13.8. The molecule has 1 unspecified atom stereocenters. The Labute approximate surface area is 103 Å². The molecule has 1 atom stereocenters. The first-order valence-corrected chi connectivity index (χ1v) is 5.16. The fourth-order valence-corrected chi connectivity index (χ4v) is 1.47. The highest BCUT2D eigenvalue weighted by Crippen LogP contribution is 2.28. The maximum atomic E-state index is 13.8. The number of hydrogen-bond donors (Lipinski definition) is 0. The van der Waals surface area contributed by atoms with Gasteiger partial charge in [0.05, 0.1) is 11.0 Å². The number of nitro groups is 1. The molecule has 0 radical (unpaired) electrons. The van der Waals surface area contributed by atoms with Crippen LogP contribution in [0.25, 0.3) is 0 Å². The quantitative estimate of drug-likeness (QED) is 0.606. The Bertz CT molecular complexity index is 551. The van der Waals surface area contributed by atoms with Crippen molar-refractivity contribution in [3.63, 3.8) is 0 Å². The van der Waals surface area contributed by atoms with E-state index in [1.165, 1.54) is 26.0 Å². The molecule has 0 aliphatic heterocycles. The number of nitriles is 1. The van der Waals surface area contributed by atoms with Crippen LogP contribution in [0.2, 0.25) is 0 Å². The van der Waals surface area contributed by atoms with Gasteiger partial charge in [0.1, 0.15) is 11.2 Å². The first-order valence-electron chi connectivity index (χ1n) is 5.16. The molecule has 18 heavy (non-hydrogen) atoms. The minimum atomic E-state index is -1.38. The van der Waals surface area contributed by atoms with Crippen LogP contribution < -0.4 is 0 Å². The molecule has 0 aliphatic rings. The van der Waals surface area contributed by atoms with E-state index in [0.717, 1.165) is 6.07 Å². The summed E-state index contributed by atoms with van der Waals surface area (Å²) in [5.41, 5.74) is -2.05. The summed E-state index contributed by atoms with van der Waals surface area (Å²) >= 11 is 0. The van der Waals surface area contributed by atoms with Crippen LogP contribution in [0.15, 0.2) is 18.2 Å². The van der Waals surface area contributed by atoms with E-state index in [2.05, 4.69) is 0 Å². The van der Waals surface area contributed by atoms with Gasteiger partial charge < -0.3 is 0 Å². The first kappa shape index (κ1) is 13.8. The van der Waals surface area contributed by atoms with Crippen molar-refractivity contribution in [2.75, 3.05) is 0 Å². The molecule has 0 N–H and O–H groups in total. The van der Waals surface area contributed by atoms with Crippen LogP contribution in [0.3, 0.4) is 0 Å². The van der Waals surface area contributed by atoms with Crippen LogP contribution in [-0.2, 0) is 11.2 Å². The Morgan fingerprint density at radius 2 is 2.22 bits per heavy atom. The topological polar surface area (TPSA) is 84.0 Å².